The molecule has 3 rings (SSSR count). The first-order valence-electron chi connectivity index (χ1n) is 11.8. The van der Waals surface area contributed by atoms with Gasteiger partial charge in [-0.1, -0.05) is 91.0 Å². The molecule has 3 aromatic carbocycles. The molecule has 0 aliphatic rings. The Morgan fingerprint density at radius 2 is 1.31 bits per heavy atom. The van der Waals surface area contributed by atoms with Gasteiger partial charge in [-0.2, -0.15) is 4.31 Å². The van der Waals surface area contributed by atoms with Gasteiger partial charge in [-0.05, 0) is 23.1 Å². The standard InChI is InChI=1S/C28H33N3O4S/c1-30(36(2,34)35)22-27(32)31(21-25-16-10-5-11-17-25)26(20-24-14-8-4-9-15-24)28(33)29-19-18-23-12-6-3-7-13-23/h3-17,26H,18-22H2,1-2H3,(H,29,33). The van der Waals surface area contributed by atoms with Crippen molar-refractivity contribution in [1.82, 2.24) is 14.5 Å². The fraction of sp³-hybridized carbons (Fsp3) is 0.286. The van der Waals surface area contributed by atoms with E-state index in [1.807, 2.05) is 91.0 Å². The Balaban J connectivity index is 1.87. The van der Waals surface area contributed by atoms with Gasteiger partial charge >= 0.3 is 0 Å². The lowest BCUT2D eigenvalue weighted by Crippen LogP contribution is -2.53. The fourth-order valence-electron chi connectivity index (χ4n) is 3.83. The average Bonchev–Trinajstić information content (AvgIpc) is 2.87. The van der Waals surface area contributed by atoms with Crippen LogP contribution in [0.4, 0.5) is 0 Å². The minimum absolute atomic E-state index is 0.181. The van der Waals surface area contributed by atoms with Crippen molar-refractivity contribution in [3.8, 4) is 0 Å². The molecule has 0 bridgehead atoms. The number of rotatable bonds is 12. The Hall–Kier alpha value is -3.49. The molecule has 190 valence electrons. The number of carbonyl (C=O) groups is 2. The highest BCUT2D eigenvalue weighted by atomic mass is 32.2. The van der Waals surface area contributed by atoms with Crippen LogP contribution in [-0.2, 0) is 39.0 Å². The van der Waals surface area contributed by atoms with Crippen LogP contribution in [0.5, 0.6) is 0 Å². The lowest BCUT2D eigenvalue weighted by molar-refractivity contribution is -0.141. The van der Waals surface area contributed by atoms with E-state index in [9.17, 15) is 18.0 Å². The van der Waals surface area contributed by atoms with E-state index in [-0.39, 0.29) is 19.0 Å². The van der Waals surface area contributed by atoms with E-state index in [1.54, 1.807) is 0 Å². The van der Waals surface area contributed by atoms with Crippen LogP contribution in [0.15, 0.2) is 91.0 Å². The third-order valence-corrected chi connectivity index (χ3v) is 7.21. The number of hydrogen-bond acceptors (Lipinski definition) is 4. The second kappa shape index (κ2) is 13.0. The van der Waals surface area contributed by atoms with E-state index in [0.717, 1.165) is 27.3 Å². The minimum Gasteiger partial charge on any atom is -0.354 e. The van der Waals surface area contributed by atoms with Gasteiger partial charge in [0.2, 0.25) is 21.8 Å². The van der Waals surface area contributed by atoms with E-state index < -0.39 is 22.0 Å². The van der Waals surface area contributed by atoms with E-state index in [1.165, 1.54) is 11.9 Å². The number of likely N-dealkylation sites (N-methyl/N-ethyl adjacent to an activating group) is 1. The Morgan fingerprint density at radius 3 is 1.83 bits per heavy atom. The molecule has 0 spiro atoms. The summed E-state index contributed by atoms with van der Waals surface area (Å²) < 4.78 is 25.0. The van der Waals surface area contributed by atoms with E-state index in [2.05, 4.69) is 5.32 Å². The lowest BCUT2D eigenvalue weighted by atomic mass is 10.0. The number of nitrogens with zero attached hydrogens (tertiary/aromatic N) is 2. The SMILES string of the molecule is CN(CC(=O)N(Cc1ccccc1)C(Cc1ccccc1)C(=O)NCCc1ccccc1)S(C)(=O)=O. The second-order valence-corrected chi connectivity index (χ2v) is 10.8. The molecule has 7 nitrogen and oxygen atoms in total. The minimum atomic E-state index is -3.57. The summed E-state index contributed by atoms with van der Waals surface area (Å²) in [6.45, 7) is 0.250. The topological polar surface area (TPSA) is 86.8 Å². The number of benzene rings is 3. The third-order valence-electron chi connectivity index (χ3n) is 5.95. The summed E-state index contributed by atoms with van der Waals surface area (Å²) in [7, 11) is -2.21. The van der Waals surface area contributed by atoms with Gasteiger partial charge in [-0.15, -0.1) is 0 Å². The fourth-order valence-corrected chi connectivity index (χ4v) is 4.17. The number of nitrogens with one attached hydrogen (secondary N) is 1. The zero-order valence-electron chi connectivity index (χ0n) is 20.7. The van der Waals surface area contributed by atoms with Crippen molar-refractivity contribution >= 4 is 21.8 Å². The predicted molar refractivity (Wildman–Crippen MR) is 142 cm³/mol. The predicted octanol–water partition coefficient (Wildman–Crippen LogP) is 2.88. The number of amides is 2. The maximum absolute atomic E-state index is 13.5. The monoisotopic (exact) mass is 507 g/mol. The molecule has 0 fully saturated rings. The molecule has 1 atom stereocenters. The molecule has 0 radical (unpaired) electrons. The van der Waals surface area contributed by atoms with Crippen molar-refractivity contribution in [2.75, 3.05) is 26.4 Å². The van der Waals surface area contributed by atoms with Crippen molar-refractivity contribution in [3.05, 3.63) is 108 Å². The molecule has 1 N–H and O–H groups in total. The summed E-state index contributed by atoms with van der Waals surface area (Å²) in [4.78, 5) is 28.5. The van der Waals surface area contributed by atoms with Gasteiger partial charge < -0.3 is 10.2 Å². The van der Waals surface area contributed by atoms with Gasteiger partial charge in [0.25, 0.3) is 0 Å². The summed E-state index contributed by atoms with van der Waals surface area (Å²) in [5.74, 6) is -0.716. The first kappa shape index (κ1) is 27.1. The highest BCUT2D eigenvalue weighted by Gasteiger charge is 2.31. The summed E-state index contributed by atoms with van der Waals surface area (Å²) in [5, 5.41) is 2.99. The number of carbonyl (C=O) groups excluding carboxylic acids is 2. The molecule has 0 aliphatic heterocycles. The normalized spacial score (nSPS) is 12.2. The van der Waals surface area contributed by atoms with Crippen LogP contribution in [0.1, 0.15) is 16.7 Å². The van der Waals surface area contributed by atoms with Crippen LogP contribution < -0.4 is 5.32 Å². The van der Waals surface area contributed by atoms with Gasteiger partial charge in [-0.25, -0.2) is 8.42 Å². The molecule has 36 heavy (non-hydrogen) atoms. The first-order chi connectivity index (χ1) is 17.2. The molecule has 3 aromatic rings. The maximum Gasteiger partial charge on any atom is 0.243 e. The molecule has 0 aliphatic carbocycles. The Labute approximate surface area is 213 Å². The first-order valence-corrected chi connectivity index (χ1v) is 13.7. The van der Waals surface area contributed by atoms with Crippen LogP contribution in [-0.4, -0.2) is 61.9 Å². The van der Waals surface area contributed by atoms with Gasteiger partial charge in [0.05, 0.1) is 12.8 Å². The zero-order chi connectivity index (χ0) is 26.0. The summed E-state index contributed by atoms with van der Waals surface area (Å²) in [5.41, 5.74) is 2.86. The molecular formula is C28H33N3O4S. The van der Waals surface area contributed by atoms with Gasteiger partial charge in [-0.3, -0.25) is 9.59 Å². The molecule has 0 heterocycles. The van der Waals surface area contributed by atoms with Crippen LogP contribution in [0.25, 0.3) is 0 Å². The Morgan fingerprint density at radius 1 is 0.806 bits per heavy atom. The second-order valence-electron chi connectivity index (χ2n) is 8.76. The summed E-state index contributed by atoms with van der Waals surface area (Å²) >= 11 is 0. The molecular weight excluding hydrogens is 474 g/mol. The van der Waals surface area contributed by atoms with Crippen molar-refractivity contribution in [2.24, 2.45) is 0 Å². The number of sulfonamides is 1. The van der Waals surface area contributed by atoms with Crippen LogP contribution >= 0.6 is 0 Å². The highest BCUT2D eigenvalue weighted by Crippen LogP contribution is 2.15. The Bertz CT molecular complexity index is 1220. The Kier molecular flexibility index (Phi) is 9.78. The molecule has 0 aromatic heterocycles. The van der Waals surface area contributed by atoms with Crippen LogP contribution in [0, 0.1) is 0 Å². The summed E-state index contributed by atoms with van der Waals surface area (Å²) in [6.07, 6.45) is 2.02. The third kappa shape index (κ3) is 8.32. The van der Waals surface area contributed by atoms with Gasteiger partial charge in [0.15, 0.2) is 0 Å². The van der Waals surface area contributed by atoms with Crippen LogP contribution in [0.3, 0.4) is 0 Å². The zero-order valence-corrected chi connectivity index (χ0v) is 21.5. The molecule has 8 heteroatoms. The molecule has 0 saturated carbocycles. The van der Waals surface area contributed by atoms with E-state index in [4.69, 9.17) is 0 Å². The quantitative estimate of drug-likeness (QED) is 0.409. The smallest absolute Gasteiger partial charge is 0.243 e. The lowest BCUT2D eigenvalue weighted by Gasteiger charge is -2.32. The van der Waals surface area contributed by atoms with Gasteiger partial charge in [0.1, 0.15) is 6.04 Å². The highest BCUT2D eigenvalue weighted by molar-refractivity contribution is 7.88. The van der Waals surface area contributed by atoms with Crippen molar-refractivity contribution in [3.63, 3.8) is 0 Å². The number of hydrogen-bond donors (Lipinski definition) is 1. The van der Waals surface area contributed by atoms with Crippen LogP contribution in [0.2, 0.25) is 0 Å². The molecule has 0 saturated heterocycles. The summed E-state index contributed by atoms with van der Waals surface area (Å²) in [6, 6.07) is 27.9. The van der Waals surface area contributed by atoms with Gasteiger partial charge in [0, 0.05) is 26.6 Å². The van der Waals surface area contributed by atoms with E-state index >= 15 is 0 Å². The van der Waals surface area contributed by atoms with Crippen molar-refractivity contribution < 1.29 is 18.0 Å². The maximum atomic E-state index is 13.5. The largest absolute Gasteiger partial charge is 0.354 e. The molecule has 2 amide bonds. The average molecular weight is 508 g/mol. The van der Waals surface area contributed by atoms with Crippen molar-refractivity contribution in [1.29, 1.82) is 0 Å². The van der Waals surface area contributed by atoms with E-state index in [0.29, 0.717) is 19.4 Å². The van der Waals surface area contributed by atoms with Crippen molar-refractivity contribution in [2.45, 2.75) is 25.4 Å². The molecule has 1 unspecified atom stereocenters.